The van der Waals surface area contributed by atoms with Gasteiger partial charge < -0.3 is 14.8 Å². The Bertz CT molecular complexity index is 995. The van der Waals surface area contributed by atoms with Gasteiger partial charge in [0, 0.05) is 13.5 Å². The minimum absolute atomic E-state index is 0.0219. The Labute approximate surface area is 199 Å². The van der Waals surface area contributed by atoms with E-state index in [1.54, 1.807) is 6.92 Å². The van der Waals surface area contributed by atoms with E-state index in [2.05, 4.69) is 5.32 Å². The Morgan fingerprint density at radius 1 is 1.00 bits per heavy atom. The molecule has 1 saturated heterocycles. The Kier molecular flexibility index (Phi) is 7.57. The molecule has 0 aliphatic carbocycles. The van der Waals surface area contributed by atoms with Crippen molar-refractivity contribution in [2.24, 2.45) is 0 Å². The van der Waals surface area contributed by atoms with Crippen LogP contribution < -0.4 is 5.32 Å². The van der Waals surface area contributed by atoms with Crippen LogP contribution in [-0.4, -0.2) is 24.7 Å². The van der Waals surface area contributed by atoms with Crippen LogP contribution in [0.5, 0.6) is 0 Å². The molecule has 10 heteroatoms. The summed E-state index contributed by atoms with van der Waals surface area (Å²) in [6.45, 7) is 4.80. The summed E-state index contributed by atoms with van der Waals surface area (Å²) in [6.07, 6.45) is -9.99. The lowest BCUT2D eigenvalue weighted by Gasteiger charge is -2.46. The van der Waals surface area contributed by atoms with E-state index in [4.69, 9.17) is 9.47 Å². The molecule has 35 heavy (non-hydrogen) atoms. The van der Waals surface area contributed by atoms with Crippen LogP contribution in [0.4, 0.5) is 26.3 Å². The van der Waals surface area contributed by atoms with Crippen LogP contribution in [0.3, 0.4) is 0 Å². The highest BCUT2D eigenvalue weighted by molar-refractivity contribution is 5.66. The number of benzene rings is 2. The van der Waals surface area contributed by atoms with Crippen LogP contribution in [0.25, 0.3) is 0 Å². The van der Waals surface area contributed by atoms with Gasteiger partial charge in [0.25, 0.3) is 0 Å². The van der Waals surface area contributed by atoms with Crippen LogP contribution in [-0.2, 0) is 32.2 Å². The summed E-state index contributed by atoms with van der Waals surface area (Å²) in [7, 11) is 0. The topological polar surface area (TPSA) is 47.6 Å². The molecule has 0 amide bonds. The van der Waals surface area contributed by atoms with Gasteiger partial charge in [-0.1, -0.05) is 30.3 Å². The largest absolute Gasteiger partial charge is 0.458 e. The molecule has 192 valence electrons. The zero-order chi connectivity index (χ0) is 26.1. The molecule has 1 heterocycles. The predicted molar refractivity (Wildman–Crippen MR) is 116 cm³/mol. The van der Waals surface area contributed by atoms with Gasteiger partial charge in [0.1, 0.15) is 5.60 Å². The monoisotopic (exact) mass is 503 g/mol. The average molecular weight is 503 g/mol. The minimum Gasteiger partial charge on any atom is -0.458 e. The van der Waals surface area contributed by atoms with Gasteiger partial charge in [0.15, 0.2) is 0 Å². The van der Waals surface area contributed by atoms with Crippen LogP contribution >= 0.6 is 0 Å². The highest BCUT2D eigenvalue weighted by atomic mass is 19.4. The quantitative estimate of drug-likeness (QED) is 0.366. The molecule has 4 nitrogen and oxygen atoms in total. The maximum absolute atomic E-state index is 13.3. The summed E-state index contributed by atoms with van der Waals surface area (Å²) in [5.41, 5.74) is -3.68. The first-order chi connectivity index (χ1) is 16.1. The van der Waals surface area contributed by atoms with Crippen LogP contribution in [0.2, 0.25) is 0 Å². The Morgan fingerprint density at radius 3 is 2.03 bits per heavy atom. The van der Waals surface area contributed by atoms with Crippen molar-refractivity contribution in [3.8, 4) is 0 Å². The number of hydrogen-bond donors (Lipinski definition) is 1. The van der Waals surface area contributed by atoms with Gasteiger partial charge in [-0.25, -0.2) is 0 Å². The van der Waals surface area contributed by atoms with Gasteiger partial charge >= 0.3 is 18.3 Å². The molecule has 2 aromatic carbocycles. The number of alkyl halides is 6. The van der Waals surface area contributed by atoms with E-state index in [9.17, 15) is 31.1 Å². The fourth-order valence-electron chi connectivity index (χ4n) is 4.23. The number of halogens is 6. The SMILES string of the molecule is CC(=O)OC1(C)CC[C@@](CO[C@H](C)c2cc(C(F)(F)F)cc(C(F)(F)F)c2)(c2ccccc2)NC1. The van der Waals surface area contributed by atoms with Crippen molar-refractivity contribution < 1.29 is 40.6 Å². The summed E-state index contributed by atoms with van der Waals surface area (Å²) in [4.78, 5) is 11.5. The molecule has 0 spiro atoms. The van der Waals surface area contributed by atoms with E-state index in [1.807, 2.05) is 30.3 Å². The van der Waals surface area contributed by atoms with Crippen molar-refractivity contribution in [1.29, 1.82) is 0 Å². The van der Waals surface area contributed by atoms with E-state index in [-0.39, 0.29) is 18.2 Å². The molecule has 3 rings (SSSR count). The minimum atomic E-state index is -4.94. The van der Waals surface area contributed by atoms with Crippen molar-refractivity contribution in [1.82, 2.24) is 5.32 Å². The Hall–Kier alpha value is -2.59. The molecule has 1 fully saturated rings. The normalized spacial score (nSPS) is 24.1. The number of piperidine rings is 1. The molecular formula is C25H27F6NO3. The molecule has 1 aliphatic rings. The highest BCUT2D eigenvalue weighted by Gasteiger charge is 2.44. The van der Waals surface area contributed by atoms with Crippen molar-refractivity contribution >= 4 is 5.97 Å². The molecule has 3 atom stereocenters. The predicted octanol–water partition coefficient (Wildman–Crippen LogP) is 6.40. The number of carbonyl (C=O) groups is 1. The van der Waals surface area contributed by atoms with E-state index in [1.165, 1.54) is 13.8 Å². The third-order valence-electron chi connectivity index (χ3n) is 6.26. The summed E-state index contributed by atoms with van der Waals surface area (Å²) in [6, 6.07) is 10.7. The number of rotatable bonds is 6. The summed E-state index contributed by atoms with van der Waals surface area (Å²) >= 11 is 0. The van der Waals surface area contributed by atoms with E-state index in [0.717, 1.165) is 5.56 Å². The number of carbonyl (C=O) groups excluding carboxylic acids is 1. The number of ether oxygens (including phenoxy) is 2. The fraction of sp³-hybridized carbons (Fsp3) is 0.480. The lowest BCUT2D eigenvalue weighted by Crippen LogP contribution is -2.58. The zero-order valence-electron chi connectivity index (χ0n) is 19.5. The van der Waals surface area contributed by atoms with Crippen molar-refractivity contribution in [2.75, 3.05) is 13.2 Å². The molecule has 1 unspecified atom stereocenters. The maximum Gasteiger partial charge on any atom is 0.416 e. The number of hydrogen-bond acceptors (Lipinski definition) is 4. The van der Waals surface area contributed by atoms with Gasteiger partial charge in [-0.15, -0.1) is 0 Å². The lowest BCUT2D eigenvalue weighted by molar-refractivity contribution is -0.159. The summed E-state index contributed by atoms with van der Waals surface area (Å²) < 4.78 is 90.9. The first-order valence-electron chi connectivity index (χ1n) is 11.0. The molecule has 1 N–H and O–H groups in total. The van der Waals surface area contributed by atoms with Gasteiger partial charge in [-0.05, 0) is 56.0 Å². The van der Waals surface area contributed by atoms with Crippen LogP contribution in [0.15, 0.2) is 48.5 Å². The Morgan fingerprint density at radius 2 is 1.57 bits per heavy atom. The zero-order valence-corrected chi connectivity index (χ0v) is 19.5. The second kappa shape index (κ2) is 9.81. The lowest BCUT2D eigenvalue weighted by atomic mass is 9.78. The van der Waals surface area contributed by atoms with E-state index < -0.39 is 46.7 Å². The fourth-order valence-corrected chi connectivity index (χ4v) is 4.23. The van der Waals surface area contributed by atoms with Crippen LogP contribution in [0, 0.1) is 0 Å². The molecule has 1 aliphatic heterocycles. The summed E-state index contributed by atoms with van der Waals surface area (Å²) in [5, 5.41) is 3.36. The molecule has 0 aromatic heterocycles. The highest BCUT2D eigenvalue weighted by Crippen LogP contribution is 2.40. The maximum atomic E-state index is 13.3. The molecule has 0 bridgehead atoms. The average Bonchev–Trinajstić information content (AvgIpc) is 2.77. The van der Waals surface area contributed by atoms with Crippen LogP contribution in [0.1, 0.15) is 62.0 Å². The van der Waals surface area contributed by atoms with Gasteiger partial charge in [-0.3, -0.25) is 4.79 Å². The van der Waals surface area contributed by atoms with Crippen molar-refractivity contribution in [2.45, 2.75) is 63.2 Å². The summed E-state index contributed by atoms with van der Waals surface area (Å²) in [5.74, 6) is -0.420. The molecule has 0 radical (unpaired) electrons. The van der Waals surface area contributed by atoms with Gasteiger partial charge in [-0.2, -0.15) is 26.3 Å². The Balaban J connectivity index is 1.87. The third kappa shape index (κ3) is 6.55. The first kappa shape index (κ1) is 27.0. The first-order valence-corrected chi connectivity index (χ1v) is 11.0. The van der Waals surface area contributed by atoms with E-state index in [0.29, 0.717) is 31.5 Å². The second-order valence-electron chi connectivity index (χ2n) is 9.14. The van der Waals surface area contributed by atoms with E-state index >= 15 is 0 Å². The number of esters is 1. The molecule has 2 aromatic rings. The van der Waals surface area contributed by atoms with Crippen molar-refractivity contribution in [3.63, 3.8) is 0 Å². The van der Waals surface area contributed by atoms with Crippen molar-refractivity contribution in [3.05, 3.63) is 70.8 Å². The number of nitrogens with one attached hydrogen (secondary N) is 1. The smallest absolute Gasteiger partial charge is 0.416 e. The second-order valence-corrected chi connectivity index (χ2v) is 9.14. The van der Waals surface area contributed by atoms with Gasteiger partial charge in [0.05, 0.1) is 29.4 Å². The molecule has 0 saturated carbocycles. The molecular weight excluding hydrogens is 476 g/mol. The third-order valence-corrected chi connectivity index (χ3v) is 6.26. The standard InChI is InChI=1S/C25H27F6NO3/c1-16(18-11-20(24(26,27)28)13-21(12-18)25(29,30)31)34-15-23(19-7-5-4-6-8-19)10-9-22(3,14-32-23)35-17(2)33/h4-8,11-13,16,32H,9-10,14-15H2,1-3H3/t16-,22?,23-/m1/s1. The van der Waals surface area contributed by atoms with Gasteiger partial charge in [0.2, 0.25) is 0 Å².